The summed E-state index contributed by atoms with van der Waals surface area (Å²) in [6.45, 7) is 3.12. The van der Waals surface area contributed by atoms with Crippen LogP contribution in [-0.2, 0) is 5.41 Å². The number of hydrogen-bond donors (Lipinski definition) is 1. The van der Waals surface area contributed by atoms with Gasteiger partial charge in [-0.05, 0) is 11.6 Å². The maximum Gasteiger partial charge on any atom is 0.167 e. The van der Waals surface area contributed by atoms with Gasteiger partial charge in [-0.3, -0.25) is 0 Å². The highest BCUT2D eigenvalue weighted by Gasteiger charge is 2.25. The molecule has 1 N–H and O–H groups in total. The number of aliphatic hydroxyl groups is 1. The topological polar surface area (TPSA) is 29.5 Å². The average molecular weight is 216 g/mol. The minimum absolute atomic E-state index is 0.0204. The SMILES string of the molecule is COc1cc(C(C)(C)CO)c(F)cc1F. The molecule has 0 saturated carbocycles. The summed E-state index contributed by atoms with van der Waals surface area (Å²) in [5, 5.41) is 9.10. The molecule has 15 heavy (non-hydrogen) atoms. The van der Waals surface area contributed by atoms with Crippen LogP contribution in [0.4, 0.5) is 8.78 Å². The van der Waals surface area contributed by atoms with Gasteiger partial charge in [0.1, 0.15) is 5.82 Å². The highest BCUT2D eigenvalue weighted by atomic mass is 19.1. The highest BCUT2D eigenvalue weighted by molar-refractivity contribution is 5.35. The molecule has 0 unspecified atom stereocenters. The van der Waals surface area contributed by atoms with Crippen molar-refractivity contribution in [3.05, 3.63) is 29.3 Å². The van der Waals surface area contributed by atoms with Crippen LogP contribution in [0.15, 0.2) is 12.1 Å². The van der Waals surface area contributed by atoms with Gasteiger partial charge < -0.3 is 9.84 Å². The fourth-order valence-electron chi connectivity index (χ4n) is 1.29. The number of halogens is 2. The maximum absolute atomic E-state index is 13.4. The molecule has 0 aliphatic carbocycles. The third-order valence-corrected chi connectivity index (χ3v) is 2.37. The van der Waals surface area contributed by atoms with Gasteiger partial charge in [0.15, 0.2) is 11.6 Å². The highest BCUT2D eigenvalue weighted by Crippen LogP contribution is 2.30. The summed E-state index contributed by atoms with van der Waals surface area (Å²) in [4.78, 5) is 0. The van der Waals surface area contributed by atoms with E-state index in [1.165, 1.54) is 13.2 Å². The Bertz CT molecular complexity index is 362. The van der Waals surface area contributed by atoms with E-state index in [-0.39, 0.29) is 17.9 Å². The van der Waals surface area contributed by atoms with E-state index in [0.717, 1.165) is 6.07 Å². The Morgan fingerprint density at radius 2 is 1.87 bits per heavy atom. The van der Waals surface area contributed by atoms with E-state index in [9.17, 15) is 8.78 Å². The predicted molar refractivity (Wildman–Crippen MR) is 53.0 cm³/mol. The number of benzene rings is 1. The maximum atomic E-state index is 13.4. The number of rotatable bonds is 3. The summed E-state index contributed by atoms with van der Waals surface area (Å²) in [7, 11) is 1.31. The first-order valence-corrected chi connectivity index (χ1v) is 4.56. The molecule has 0 saturated heterocycles. The van der Waals surface area contributed by atoms with Crippen LogP contribution < -0.4 is 4.74 Å². The van der Waals surface area contributed by atoms with Crippen molar-refractivity contribution < 1.29 is 18.6 Å². The van der Waals surface area contributed by atoms with E-state index in [1.807, 2.05) is 0 Å². The lowest BCUT2D eigenvalue weighted by Gasteiger charge is -2.23. The minimum atomic E-state index is -0.759. The van der Waals surface area contributed by atoms with Crippen molar-refractivity contribution >= 4 is 0 Å². The zero-order valence-electron chi connectivity index (χ0n) is 8.97. The van der Waals surface area contributed by atoms with E-state index in [0.29, 0.717) is 0 Å². The zero-order valence-corrected chi connectivity index (χ0v) is 8.97. The number of hydrogen-bond acceptors (Lipinski definition) is 2. The first-order chi connectivity index (χ1) is 6.92. The normalized spacial score (nSPS) is 11.6. The minimum Gasteiger partial charge on any atom is -0.494 e. The van der Waals surface area contributed by atoms with E-state index in [1.54, 1.807) is 13.8 Å². The Labute approximate surface area is 87.5 Å². The monoisotopic (exact) mass is 216 g/mol. The van der Waals surface area contributed by atoms with Gasteiger partial charge in [-0.2, -0.15) is 0 Å². The molecule has 1 aromatic rings. The lowest BCUT2D eigenvalue weighted by atomic mass is 9.85. The van der Waals surface area contributed by atoms with Crippen molar-refractivity contribution in [2.45, 2.75) is 19.3 Å². The van der Waals surface area contributed by atoms with Gasteiger partial charge in [-0.15, -0.1) is 0 Å². The number of aliphatic hydroxyl groups excluding tert-OH is 1. The van der Waals surface area contributed by atoms with Gasteiger partial charge in [0, 0.05) is 11.5 Å². The number of ether oxygens (including phenoxy) is 1. The van der Waals surface area contributed by atoms with Crippen LogP contribution in [0.2, 0.25) is 0 Å². The molecule has 0 heterocycles. The van der Waals surface area contributed by atoms with E-state index < -0.39 is 17.0 Å². The van der Waals surface area contributed by atoms with Crippen LogP contribution >= 0.6 is 0 Å². The summed E-state index contributed by atoms with van der Waals surface area (Å²) < 4.78 is 31.3. The Morgan fingerprint density at radius 3 is 2.33 bits per heavy atom. The third kappa shape index (κ3) is 2.26. The summed E-state index contributed by atoms with van der Waals surface area (Å²) in [6, 6.07) is 2.05. The van der Waals surface area contributed by atoms with E-state index in [2.05, 4.69) is 0 Å². The molecule has 0 spiro atoms. The molecule has 0 atom stereocenters. The van der Waals surface area contributed by atoms with Crippen LogP contribution in [0.3, 0.4) is 0 Å². The summed E-state index contributed by atoms with van der Waals surface area (Å²) in [5.41, 5.74) is -0.520. The van der Waals surface area contributed by atoms with Gasteiger partial charge >= 0.3 is 0 Å². The summed E-state index contributed by atoms with van der Waals surface area (Å²) in [5.74, 6) is -1.44. The molecular formula is C11H14F2O2. The summed E-state index contributed by atoms with van der Waals surface area (Å²) in [6.07, 6.45) is 0. The second kappa shape index (κ2) is 4.14. The molecule has 1 aromatic carbocycles. The molecule has 0 amide bonds. The van der Waals surface area contributed by atoms with Crippen LogP contribution in [0, 0.1) is 11.6 Å². The van der Waals surface area contributed by atoms with Crippen molar-refractivity contribution in [2.24, 2.45) is 0 Å². The number of methoxy groups -OCH3 is 1. The molecule has 0 aliphatic rings. The molecule has 84 valence electrons. The third-order valence-electron chi connectivity index (χ3n) is 2.37. The molecule has 2 nitrogen and oxygen atoms in total. The van der Waals surface area contributed by atoms with Crippen LogP contribution in [-0.4, -0.2) is 18.8 Å². The first-order valence-electron chi connectivity index (χ1n) is 4.56. The van der Waals surface area contributed by atoms with Crippen LogP contribution in [0.1, 0.15) is 19.4 Å². The molecule has 0 radical (unpaired) electrons. The van der Waals surface area contributed by atoms with Gasteiger partial charge in [0.25, 0.3) is 0 Å². The van der Waals surface area contributed by atoms with Gasteiger partial charge in [0.2, 0.25) is 0 Å². The van der Waals surface area contributed by atoms with E-state index >= 15 is 0 Å². The lowest BCUT2D eigenvalue weighted by Crippen LogP contribution is -2.23. The average Bonchev–Trinajstić information content (AvgIpc) is 2.17. The second-order valence-electron chi connectivity index (χ2n) is 4.01. The largest absolute Gasteiger partial charge is 0.494 e. The second-order valence-corrected chi connectivity index (χ2v) is 4.01. The Balaban J connectivity index is 3.30. The van der Waals surface area contributed by atoms with Crippen molar-refractivity contribution in [2.75, 3.05) is 13.7 Å². The molecule has 0 bridgehead atoms. The van der Waals surface area contributed by atoms with Gasteiger partial charge in [-0.25, -0.2) is 8.78 Å². The van der Waals surface area contributed by atoms with Crippen molar-refractivity contribution in [1.29, 1.82) is 0 Å². The molecule has 0 aromatic heterocycles. The van der Waals surface area contributed by atoms with Crippen LogP contribution in [0.25, 0.3) is 0 Å². The van der Waals surface area contributed by atoms with Gasteiger partial charge in [-0.1, -0.05) is 13.8 Å². The van der Waals surface area contributed by atoms with Gasteiger partial charge in [0.05, 0.1) is 13.7 Å². The standard InChI is InChI=1S/C11H14F2O2/c1-11(2,6-14)7-4-10(15-3)9(13)5-8(7)12/h4-5,14H,6H2,1-3H3. The summed E-state index contributed by atoms with van der Waals surface area (Å²) >= 11 is 0. The Kier molecular flexibility index (Phi) is 3.29. The molecular weight excluding hydrogens is 202 g/mol. The first kappa shape index (κ1) is 11.9. The predicted octanol–water partition coefficient (Wildman–Crippen LogP) is 2.24. The Hall–Kier alpha value is -1.16. The van der Waals surface area contributed by atoms with Crippen molar-refractivity contribution in [3.63, 3.8) is 0 Å². The smallest absolute Gasteiger partial charge is 0.167 e. The van der Waals surface area contributed by atoms with Crippen molar-refractivity contribution in [1.82, 2.24) is 0 Å². The van der Waals surface area contributed by atoms with E-state index in [4.69, 9.17) is 9.84 Å². The van der Waals surface area contributed by atoms with Crippen molar-refractivity contribution in [3.8, 4) is 5.75 Å². The molecule has 4 heteroatoms. The molecule has 1 rings (SSSR count). The van der Waals surface area contributed by atoms with Crippen LogP contribution in [0.5, 0.6) is 5.75 Å². The molecule has 0 aliphatic heterocycles. The fraction of sp³-hybridized carbons (Fsp3) is 0.455. The molecule has 0 fully saturated rings. The fourth-order valence-corrected chi connectivity index (χ4v) is 1.29. The lowest BCUT2D eigenvalue weighted by molar-refractivity contribution is 0.214. The Morgan fingerprint density at radius 1 is 1.27 bits per heavy atom. The quantitative estimate of drug-likeness (QED) is 0.839. The zero-order chi connectivity index (χ0) is 11.6.